The third-order valence-corrected chi connectivity index (χ3v) is 3.58. The number of halogens is 1. The minimum absolute atomic E-state index is 0. The van der Waals surface area contributed by atoms with Crippen molar-refractivity contribution in [3.8, 4) is 5.75 Å². The van der Waals surface area contributed by atoms with E-state index in [1.807, 2.05) is 0 Å². The lowest BCUT2D eigenvalue weighted by Crippen LogP contribution is -2.51. The SMILES string of the molecule is CC1NCCCC1NC(=O)c1ccccc1OCC(N)=O.Cl. The average molecular weight is 328 g/mol. The number of nitrogens with one attached hydrogen (secondary N) is 2. The Morgan fingerprint density at radius 1 is 1.41 bits per heavy atom. The van der Waals surface area contributed by atoms with E-state index in [2.05, 4.69) is 17.6 Å². The van der Waals surface area contributed by atoms with Crippen LogP contribution in [0.2, 0.25) is 0 Å². The number of nitrogens with two attached hydrogens (primary N) is 1. The summed E-state index contributed by atoms with van der Waals surface area (Å²) in [6.45, 7) is 2.79. The molecule has 0 bridgehead atoms. The number of piperidine rings is 1. The van der Waals surface area contributed by atoms with Crippen molar-refractivity contribution in [3.05, 3.63) is 29.8 Å². The van der Waals surface area contributed by atoms with Crippen LogP contribution in [0.15, 0.2) is 24.3 Å². The van der Waals surface area contributed by atoms with Crippen LogP contribution in [0.25, 0.3) is 0 Å². The molecular weight excluding hydrogens is 306 g/mol. The summed E-state index contributed by atoms with van der Waals surface area (Å²) in [5, 5.41) is 6.35. The maximum atomic E-state index is 12.4. The lowest BCUT2D eigenvalue weighted by atomic mass is 9.99. The second-order valence-corrected chi connectivity index (χ2v) is 5.22. The summed E-state index contributed by atoms with van der Waals surface area (Å²) in [5.74, 6) is -0.406. The molecule has 0 aliphatic carbocycles. The molecule has 0 radical (unpaired) electrons. The fourth-order valence-electron chi connectivity index (χ4n) is 2.42. The van der Waals surface area contributed by atoms with Crippen molar-refractivity contribution in [1.29, 1.82) is 0 Å². The molecular formula is C15H22ClN3O3. The molecule has 6 nitrogen and oxygen atoms in total. The number of benzene rings is 1. The molecule has 7 heteroatoms. The van der Waals surface area contributed by atoms with Gasteiger partial charge in [0, 0.05) is 12.1 Å². The van der Waals surface area contributed by atoms with Crippen molar-refractivity contribution in [3.63, 3.8) is 0 Å². The Balaban J connectivity index is 0.00000242. The van der Waals surface area contributed by atoms with Gasteiger partial charge in [-0.25, -0.2) is 0 Å². The molecule has 1 heterocycles. The molecule has 1 aliphatic rings. The van der Waals surface area contributed by atoms with E-state index in [1.54, 1.807) is 24.3 Å². The maximum Gasteiger partial charge on any atom is 0.255 e. The van der Waals surface area contributed by atoms with Gasteiger partial charge in [0.2, 0.25) is 0 Å². The first-order valence-corrected chi connectivity index (χ1v) is 7.12. The minimum atomic E-state index is -0.574. The van der Waals surface area contributed by atoms with Gasteiger partial charge in [-0.1, -0.05) is 12.1 Å². The van der Waals surface area contributed by atoms with Crippen LogP contribution in [0.5, 0.6) is 5.75 Å². The monoisotopic (exact) mass is 327 g/mol. The van der Waals surface area contributed by atoms with Crippen molar-refractivity contribution in [1.82, 2.24) is 10.6 Å². The van der Waals surface area contributed by atoms with Crippen LogP contribution in [0.4, 0.5) is 0 Å². The molecule has 1 aliphatic heterocycles. The Kier molecular flexibility index (Phi) is 7.14. The highest BCUT2D eigenvalue weighted by molar-refractivity contribution is 5.97. The van der Waals surface area contributed by atoms with Gasteiger partial charge in [-0.2, -0.15) is 0 Å². The number of ether oxygens (including phenoxy) is 1. The van der Waals surface area contributed by atoms with Crippen LogP contribution in [0.1, 0.15) is 30.1 Å². The zero-order chi connectivity index (χ0) is 15.2. The number of amides is 2. The van der Waals surface area contributed by atoms with E-state index in [1.165, 1.54) is 0 Å². The first-order chi connectivity index (χ1) is 10.1. The fraction of sp³-hybridized carbons (Fsp3) is 0.467. The second-order valence-electron chi connectivity index (χ2n) is 5.22. The number of hydrogen-bond donors (Lipinski definition) is 3. The number of para-hydroxylation sites is 1. The molecule has 2 atom stereocenters. The van der Waals surface area contributed by atoms with Gasteiger partial charge < -0.3 is 21.1 Å². The van der Waals surface area contributed by atoms with Gasteiger partial charge in [-0.3, -0.25) is 9.59 Å². The van der Waals surface area contributed by atoms with E-state index < -0.39 is 5.91 Å². The number of hydrogen-bond acceptors (Lipinski definition) is 4. The van der Waals surface area contributed by atoms with Gasteiger partial charge in [-0.15, -0.1) is 12.4 Å². The Hall–Kier alpha value is -1.79. The number of rotatable bonds is 5. The largest absolute Gasteiger partial charge is 0.483 e. The van der Waals surface area contributed by atoms with E-state index in [-0.39, 0.29) is 37.0 Å². The molecule has 0 saturated carbocycles. The van der Waals surface area contributed by atoms with Crippen molar-refractivity contribution < 1.29 is 14.3 Å². The van der Waals surface area contributed by atoms with E-state index >= 15 is 0 Å². The molecule has 2 unspecified atom stereocenters. The van der Waals surface area contributed by atoms with Gasteiger partial charge >= 0.3 is 0 Å². The van der Waals surface area contributed by atoms with E-state index in [9.17, 15) is 9.59 Å². The Morgan fingerprint density at radius 3 is 2.82 bits per heavy atom. The van der Waals surface area contributed by atoms with Crippen molar-refractivity contribution in [2.75, 3.05) is 13.2 Å². The summed E-state index contributed by atoms with van der Waals surface area (Å²) in [4.78, 5) is 23.2. The Bertz CT molecular complexity index is 525. The van der Waals surface area contributed by atoms with Gasteiger partial charge in [0.25, 0.3) is 11.8 Å². The zero-order valence-corrected chi connectivity index (χ0v) is 13.3. The lowest BCUT2D eigenvalue weighted by molar-refractivity contribution is -0.119. The van der Waals surface area contributed by atoms with Crippen LogP contribution in [-0.4, -0.2) is 37.0 Å². The second kappa shape index (κ2) is 8.60. The molecule has 1 saturated heterocycles. The van der Waals surface area contributed by atoms with Gasteiger partial charge in [-0.05, 0) is 38.4 Å². The molecule has 1 aromatic rings. The first-order valence-electron chi connectivity index (χ1n) is 7.12. The Labute approximate surface area is 136 Å². The summed E-state index contributed by atoms with van der Waals surface area (Å²) in [6.07, 6.45) is 1.99. The summed E-state index contributed by atoms with van der Waals surface area (Å²) in [7, 11) is 0. The third kappa shape index (κ3) is 4.89. The van der Waals surface area contributed by atoms with Gasteiger partial charge in [0.05, 0.1) is 5.56 Å². The summed E-state index contributed by atoms with van der Waals surface area (Å²) < 4.78 is 5.28. The van der Waals surface area contributed by atoms with E-state index in [4.69, 9.17) is 10.5 Å². The topological polar surface area (TPSA) is 93.4 Å². The smallest absolute Gasteiger partial charge is 0.255 e. The highest BCUT2D eigenvalue weighted by atomic mass is 35.5. The van der Waals surface area contributed by atoms with Crippen LogP contribution < -0.4 is 21.1 Å². The van der Waals surface area contributed by atoms with Crippen LogP contribution >= 0.6 is 12.4 Å². The lowest BCUT2D eigenvalue weighted by Gasteiger charge is -2.30. The molecule has 1 aromatic carbocycles. The number of primary amides is 1. The number of carbonyl (C=O) groups excluding carboxylic acids is 2. The molecule has 2 rings (SSSR count). The molecule has 4 N–H and O–H groups in total. The standard InChI is InChI=1S/C15H21N3O3.ClH/c1-10-12(6-4-8-17-10)18-15(20)11-5-2-3-7-13(11)21-9-14(16)19;/h2-3,5,7,10,12,17H,4,6,8-9H2,1H3,(H2,16,19)(H,18,20);1H. The predicted octanol–water partition coefficient (Wildman–Crippen LogP) is 0.843. The highest BCUT2D eigenvalue weighted by Crippen LogP contribution is 2.19. The molecule has 2 amide bonds. The van der Waals surface area contributed by atoms with Crippen LogP contribution in [0, 0.1) is 0 Å². The van der Waals surface area contributed by atoms with Gasteiger partial charge in [0.1, 0.15) is 5.75 Å². The first kappa shape index (κ1) is 18.3. The van der Waals surface area contributed by atoms with Crippen molar-refractivity contribution >= 4 is 24.2 Å². The van der Waals surface area contributed by atoms with Gasteiger partial charge in [0.15, 0.2) is 6.61 Å². The maximum absolute atomic E-state index is 12.4. The van der Waals surface area contributed by atoms with E-state index in [0.29, 0.717) is 11.3 Å². The highest BCUT2D eigenvalue weighted by Gasteiger charge is 2.24. The number of carbonyl (C=O) groups is 2. The fourth-order valence-corrected chi connectivity index (χ4v) is 2.42. The third-order valence-electron chi connectivity index (χ3n) is 3.58. The molecule has 122 valence electrons. The minimum Gasteiger partial charge on any atom is -0.483 e. The van der Waals surface area contributed by atoms with Crippen LogP contribution in [0.3, 0.4) is 0 Å². The van der Waals surface area contributed by atoms with Crippen molar-refractivity contribution in [2.45, 2.75) is 31.8 Å². The molecule has 22 heavy (non-hydrogen) atoms. The van der Waals surface area contributed by atoms with Crippen LogP contribution in [-0.2, 0) is 4.79 Å². The summed E-state index contributed by atoms with van der Waals surface area (Å²) in [6, 6.07) is 7.16. The Morgan fingerprint density at radius 2 is 2.14 bits per heavy atom. The summed E-state index contributed by atoms with van der Waals surface area (Å²) in [5.41, 5.74) is 5.47. The quantitative estimate of drug-likeness (QED) is 0.747. The molecule has 1 fully saturated rings. The average Bonchev–Trinajstić information content (AvgIpc) is 2.47. The predicted molar refractivity (Wildman–Crippen MR) is 86.3 cm³/mol. The molecule has 0 spiro atoms. The zero-order valence-electron chi connectivity index (χ0n) is 12.5. The summed E-state index contributed by atoms with van der Waals surface area (Å²) >= 11 is 0. The van der Waals surface area contributed by atoms with E-state index in [0.717, 1.165) is 19.4 Å². The molecule has 0 aromatic heterocycles. The normalized spacial score (nSPS) is 20.6. The van der Waals surface area contributed by atoms with Crippen molar-refractivity contribution in [2.24, 2.45) is 5.73 Å².